The molecular formula is C12H16FNO. The van der Waals surface area contributed by atoms with Crippen molar-refractivity contribution < 1.29 is 9.13 Å². The van der Waals surface area contributed by atoms with Crippen molar-refractivity contribution in [1.82, 2.24) is 0 Å². The minimum atomic E-state index is -0.203. The third-order valence-corrected chi connectivity index (χ3v) is 2.95. The molecule has 0 aromatic heterocycles. The van der Waals surface area contributed by atoms with Gasteiger partial charge < -0.3 is 10.5 Å². The molecule has 1 heterocycles. The van der Waals surface area contributed by atoms with Crippen LogP contribution in [0.15, 0.2) is 18.2 Å². The Labute approximate surface area is 89.2 Å². The summed E-state index contributed by atoms with van der Waals surface area (Å²) in [4.78, 5) is 0. The van der Waals surface area contributed by atoms with Crippen LogP contribution in [-0.2, 0) is 11.2 Å². The molecule has 1 aliphatic heterocycles. The average Bonchev–Trinajstić information content (AvgIpc) is 2.25. The van der Waals surface area contributed by atoms with Crippen LogP contribution >= 0.6 is 0 Å². The second-order valence-corrected chi connectivity index (χ2v) is 4.10. The molecule has 2 nitrogen and oxygen atoms in total. The molecule has 0 amide bonds. The van der Waals surface area contributed by atoms with E-state index < -0.39 is 0 Å². The van der Waals surface area contributed by atoms with Crippen molar-refractivity contribution in [3.63, 3.8) is 0 Å². The van der Waals surface area contributed by atoms with Gasteiger partial charge in [-0.2, -0.15) is 0 Å². The number of anilines is 1. The topological polar surface area (TPSA) is 35.2 Å². The summed E-state index contributed by atoms with van der Waals surface area (Å²) in [6.07, 6.45) is 2.97. The van der Waals surface area contributed by atoms with E-state index in [2.05, 4.69) is 0 Å². The molecule has 82 valence electrons. The summed E-state index contributed by atoms with van der Waals surface area (Å²) in [7, 11) is 0. The molecule has 0 aliphatic carbocycles. The van der Waals surface area contributed by atoms with Gasteiger partial charge in [0.15, 0.2) is 0 Å². The SMILES string of the molecule is Nc1ccc(F)cc1CC1CCOCC1. The number of hydrogen-bond acceptors (Lipinski definition) is 2. The summed E-state index contributed by atoms with van der Waals surface area (Å²) in [5.41, 5.74) is 7.44. The Balaban J connectivity index is 2.05. The van der Waals surface area contributed by atoms with Crippen LogP contribution in [0.25, 0.3) is 0 Å². The third-order valence-electron chi connectivity index (χ3n) is 2.95. The standard InChI is InChI=1S/C12H16FNO/c13-11-1-2-12(14)10(8-11)7-9-3-5-15-6-4-9/h1-2,8-9H,3-7,14H2. The zero-order valence-corrected chi connectivity index (χ0v) is 8.71. The summed E-state index contributed by atoms with van der Waals surface area (Å²) >= 11 is 0. The first-order valence-corrected chi connectivity index (χ1v) is 5.37. The Bertz CT molecular complexity index is 334. The van der Waals surface area contributed by atoms with Crippen molar-refractivity contribution in [2.45, 2.75) is 19.3 Å². The largest absolute Gasteiger partial charge is 0.399 e. The normalized spacial score (nSPS) is 17.9. The molecule has 1 aliphatic rings. The first-order chi connectivity index (χ1) is 7.25. The fraction of sp³-hybridized carbons (Fsp3) is 0.500. The van der Waals surface area contributed by atoms with Gasteiger partial charge in [0.25, 0.3) is 0 Å². The number of ether oxygens (including phenoxy) is 1. The monoisotopic (exact) mass is 209 g/mol. The Hall–Kier alpha value is -1.09. The highest BCUT2D eigenvalue weighted by atomic mass is 19.1. The molecule has 1 saturated heterocycles. The maximum Gasteiger partial charge on any atom is 0.123 e. The third kappa shape index (κ3) is 2.69. The average molecular weight is 209 g/mol. The van der Waals surface area contributed by atoms with Crippen LogP contribution in [0.1, 0.15) is 18.4 Å². The van der Waals surface area contributed by atoms with E-state index >= 15 is 0 Å². The van der Waals surface area contributed by atoms with E-state index in [9.17, 15) is 4.39 Å². The van der Waals surface area contributed by atoms with Crippen LogP contribution in [0.4, 0.5) is 10.1 Å². The smallest absolute Gasteiger partial charge is 0.123 e. The molecule has 1 aromatic carbocycles. The quantitative estimate of drug-likeness (QED) is 0.759. The second-order valence-electron chi connectivity index (χ2n) is 4.10. The summed E-state index contributed by atoms with van der Waals surface area (Å²) in [6.45, 7) is 1.64. The predicted octanol–water partition coefficient (Wildman–Crippen LogP) is 2.38. The summed E-state index contributed by atoms with van der Waals surface area (Å²) in [6, 6.07) is 4.59. The van der Waals surface area contributed by atoms with Crippen LogP contribution in [0.5, 0.6) is 0 Å². The lowest BCUT2D eigenvalue weighted by atomic mass is 9.92. The van der Waals surface area contributed by atoms with E-state index in [4.69, 9.17) is 10.5 Å². The van der Waals surface area contributed by atoms with Crippen molar-refractivity contribution >= 4 is 5.69 Å². The van der Waals surface area contributed by atoms with Crippen molar-refractivity contribution in [2.24, 2.45) is 5.92 Å². The Morgan fingerprint density at radius 3 is 2.80 bits per heavy atom. The maximum absolute atomic E-state index is 13.0. The maximum atomic E-state index is 13.0. The molecule has 0 atom stereocenters. The minimum Gasteiger partial charge on any atom is -0.399 e. The highest BCUT2D eigenvalue weighted by Crippen LogP contribution is 2.23. The number of hydrogen-bond donors (Lipinski definition) is 1. The Morgan fingerprint density at radius 1 is 1.33 bits per heavy atom. The lowest BCUT2D eigenvalue weighted by Crippen LogP contribution is -2.18. The molecule has 1 fully saturated rings. The zero-order chi connectivity index (χ0) is 10.7. The van der Waals surface area contributed by atoms with E-state index in [0.29, 0.717) is 11.6 Å². The van der Waals surface area contributed by atoms with Gasteiger partial charge in [0, 0.05) is 18.9 Å². The molecular weight excluding hydrogens is 193 g/mol. The molecule has 0 radical (unpaired) electrons. The van der Waals surface area contributed by atoms with Gasteiger partial charge in [0.05, 0.1) is 0 Å². The van der Waals surface area contributed by atoms with Gasteiger partial charge in [-0.05, 0) is 48.9 Å². The van der Waals surface area contributed by atoms with Crippen LogP contribution < -0.4 is 5.73 Å². The van der Waals surface area contributed by atoms with Gasteiger partial charge >= 0.3 is 0 Å². The number of halogens is 1. The molecule has 0 spiro atoms. The van der Waals surface area contributed by atoms with E-state index in [1.807, 2.05) is 0 Å². The van der Waals surface area contributed by atoms with E-state index in [1.165, 1.54) is 6.07 Å². The lowest BCUT2D eigenvalue weighted by Gasteiger charge is -2.22. The second kappa shape index (κ2) is 4.62. The fourth-order valence-corrected chi connectivity index (χ4v) is 2.01. The molecule has 2 rings (SSSR count). The van der Waals surface area contributed by atoms with Crippen LogP contribution in [-0.4, -0.2) is 13.2 Å². The van der Waals surface area contributed by atoms with Gasteiger partial charge in [-0.1, -0.05) is 0 Å². The van der Waals surface area contributed by atoms with Crippen LogP contribution in [0.3, 0.4) is 0 Å². The highest BCUT2D eigenvalue weighted by molar-refractivity contribution is 5.46. The van der Waals surface area contributed by atoms with Gasteiger partial charge in [-0.3, -0.25) is 0 Å². The first kappa shape index (κ1) is 10.4. The van der Waals surface area contributed by atoms with Gasteiger partial charge in [0.2, 0.25) is 0 Å². The summed E-state index contributed by atoms with van der Waals surface area (Å²) in [5, 5.41) is 0. The predicted molar refractivity (Wildman–Crippen MR) is 58.1 cm³/mol. The van der Waals surface area contributed by atoms with E-state index in [0.717, 1.165) is 38.0 Å². The molecule has 15 heavy (non-hydrogen) atoms. The number of nitrogens with two attached hydrogens (primary N) is 1. The number of nitrogen functional groups attached to an aromatic ring is 1. The van der Waals surface area contributed by atoms with Crippen molar-refractivity contribution in [3.05, 3.63) is 29.6 Å². The van der Waals surface area contributed by atoms with Crippen molar-refractivity contribution in [1.29, 1.82) is 0 Å². The molecule has 0 unspecified atom stereocenters. The van der Waals surface area contributed by atoms with Crippen molar-refractivity contribution in [2.75, 3.05) is 18.9 Å². The molecule has 1 aromatic rings. The fourth-order valence-electron chi connectivity index (χ4n) is 2.01. The van der Waals surface area contributed by atoms with Gasteiger partial charge in [-0.25, -0.2) is 4.39 Å². The Morgan fingerprint density at radius 2 is 2.07 bits per heavy atom. The van der Waals surface area contributed by atoms with Gasteiger partial charge in [0.1, 0.15) is 5.82 Å². The number of benzene rings is 1. The highest BCUT2D eigenvalue weighted by Gasteiger charge is 2.15. The summed E-state index contributed by atoms with van der Waals surface area (Å²) < 4.78 is 18.3. The zero-order valence-electron chi connectivity index (χ0n) is 8.71. The van der Waals surface area contributed by atoms with E-state index in [-0.39, 0.29) is 5.82 Å². The van der Waals surface area contributed by atoms with Crippen molar-refractivity contribution in [3.8, 4) is 0 Å². The first-order valence-electron chi connectivity index (χ1n) is 5.37. The molecule has 3 heteroatoms. The summed E-state index contributed by atoms with van der Waals surface area (Å²) in [5.74, 6) is 0.383. The molecule has 0 saturated carbocycles. The minimum absolute atomic E-state index is 0.203. The van der Waals surface area contributed by atoms with Crippen LogP contribution in [0.2, 0.25) is 0 Å². The lowest BCUT2D eigenvalue weighted by molar-refractivity contribution is 0.0665. The number of rotatable bonds is 2. The Kier molecular flexibility index (Phi) is 3.21. The molecule has 0 bridgehead atoms. The molecule has 2 N–H and O–H groups in total. The van der Waals surface area contributed by atoms with Gasteiger partial charge in [-0.15, -0.1) is 0 Å². The van der Waals surface area contributed by atoms with E-state index in [1.54, 1.807) is 12.1 Å². The van der Waals surface area contributed by atoms with Crippen LogP contribution in [0, 0.1) is 11.7 Å².